The van der Waals surface area contributed by atoms with Crippen LogP contribution in [-0.2, 0) is 9.84 Å². The van der Waals surface area contributed by atoms with Crippen molar-refractivity contribution in [3.05, 3.63) is 29.8 Å². The number of benzene rings is 1. The Morgan fingerprint density at radius 1 is 1.20 bits per heavy atom. The lowest BCUT2D eigenvalue weighted by Gasteiger charge is -2.28. The third kappa shape index (κ3) is 3.50. The number of carbonyl (C=O) groups excluding carboxylic acids is 1. The summed E-state index contributed by atoms with van der Waals surface area (Å²) in [4.78, 5) is 12.1. The molecule has 0 heterocycles. The number of para-hydroxylation sites is 1. The van der Waals surface area contributed by atoms with Gasteiger partial charge in [0.2, 0.25) is 0 Å². The summed E-state index contributed by atoms with van der Waals surface area (Å²) < 4.78 is 23.0. The fraction of sp³-hybridized carbons (Fsp3) is 0.500. The highest BCUT2D eigenvalue weighted by Gasteiger charge is 2.28. The zero-order chi connectivity index (χ0) is 14.8. The molecule has 5 nitrogen and oxygen atoms in total. The van der Waals surface area contributed by atoms with Gasteiger partial charge in [0.25, 0.3) is 5.91 Å². The van der Waals surface area contributed by atoms with E-state index in [-0.39, 0.29) is 17.2 Å². The van der Waals surface area contributed by atoms with Crippen LogP contribution in [0.3, 0.4) is 0 Å². The van der Waals surface area contributed by atoms with Crippen molar-refractivity contribution in [2.45, 2.75) is 37.0 Å². The van der Waals surface area contributed by atoms with E-state index < -0.39 is 9.84 Å². The van der Waals surface area contributed by atoms with Gasteiger partial charge in [0, 0.05) is 18.0 Å². The van der Waals surface area contributed by atoms with Crippen molar-refractivity contribution in [3.63, 3.8) is 0 Å². The highest BCUT2D eigenvalue weighted by molar-refractivity contribution is 7.91. The first kappa shape index (κ1) is 14.8. The van der Waals surface area contributed by atoms with E-state index in [1.54, 1.807) is 24.3 Å². The van der Waals surface area contributed by atoms with Crippen LogP contribution in [0, 0.1) is 0 Å². The van der Waals surface area contributed by atoms with Gasteiger partial charge in [-0.25, -0.2) is 8.42 Å². The molecule has 0 radical (unpaired) electrons. The van der Waals surface area contributed by atoms with Gasteiger partial charge in [-0.15, -0.1) is 0 Å². The van der Waals surface area contributed by atoms with Crippen molar-refractivity contribution < 1.29 is 13.2 Å². The fourth-order valence-electron chi connectivity index (χ4n) is 2.60. The third-order valence-corrected chi connectivity index (χ3v) is 5.50. The predicted molar refractivity (Wildman–Crippen MR) is 79.2 cm³/mol. The lowest BCUT2D eigenvalue weighted by atomic mass is 9.94. The molecule has 1 amide bonds. The molecule has 1 fully saturated rings. The average molecular weight is 296 g/mol. The summed E-state index contributed by atoms with van der Waals surface area (Å²) in [6, 6.07) is 6.96. The molecule has 1 aliphatic rings. The van der Waals surface area contributed by atoms with Crippen LogP contribution in [0.2, 0.25) is 0 Å². The highest BCUT2D eigenvalue weighted by Crippen LogP contribution is 2.24. The monoisotopic (exact) mass is 296 g/mol. The Labute approximate surface area is 119 Å². The number of nitrogen functional groups attached to an aromatic ring is 1. The van der Waals surface area contributed by atoms with E-state index in [1.807, 2.05) is 0 Å². The van der Waals surface area contributed by atoms with Crippen LogP contribution >= 0.6 is 0 Å². The summed E-state index contributed by atoms with van der Waals surface area (Å²) in [5.74, 6) is -0.189. The Balaban J connectivity index is 1.93. The Morgan fingerprint density at radius 3 is 2.35 bits per heavy atom. The number of amides is 1. The van der Waals surface area contributed by atoms with Gasteiger partial charge in [-0.2, -0.15) is 0 Å². The molecule has 0 aromatic heterocycles. The van der Waals surface area contributed by atoms with E-state index in [2.05, 4.69) is 5.32 Å². The molecule has 110 valence electrons. The molecular weight excluding hydrogens is 276 g/mol. The highest BCUT2D eigenvalue weighted by atomic mass is 32.2. The van der Waals surface area contributed by atoms with E-state index in [4.69, 9.17) is 5.73 Å². The van der Waals surface area contributed by atoms with Crippen LogP contribution in [-0.4, -0.2) is 31.9 Å². The zero-order valence-corrected chi connectivity index (χ0v) is 12.3. The number of hydrogen-bond donors (Lipinski definition) is 2. The molecule has 0 atom stereocenters. The standard InChI is InChI=1S/C14H20N2O3S/c1-20(18,19)11-8-6-10(7-9-11)16-14(17)12-4-2-3-5-13(12)15/h2-5,10-11H,6-9,15H2,1H3,(H,16,17). The second kappa shape index (κ2) is 5.83. The maximum Gasteiger partial charge on any atom is 0.253 e. The maximum atomic E-state index is 12.1. The third-order valence-electron chi connectivity index (χ3n) is 3.82. The van der Waals surface area contributed by atoms with Gasteiger partial charge in [0.15, 0.2) is 0 Å². The first-order valence-corrected chi connectivity index (χ1v) is 8.67. The average Bonchev–Trinajstić information content (AvgIpc) is 2.38. The number of hydrogen-bond acceptors (Lipinski definition) is 4. The molecule has 1 aromatic carbocycles. The Hall–Kier alpha value is -1.56. The molecule has 20 heavy (non-hydrogen) atoms. The van der Waals surface area contributed by atoms with Crippen molar-refractivity contribution >= 4 is 21.4 Å². The number of rotatable bonds is 3. The summed E-state index contributed by atoms with van der Waals surface area (Å²) in [6.45, 7) is 0. The first-order chi connectivity index (χ1) is 9.38. The Bertz CT molecular complexity index is 590. The van der Waals surface area contributed by atoms with E-state index >= 15 is 0 Å². The molecule has 0 aliphatic heterocycles. The number of sulfone groups is 1. The summed E-state index contributed by atoms with van der Waals surface area (Å²) in [5, 5.41) is 2.67. The van der Waals surface area contributed by atoms with Crippen molar-refractivity contribution in [1.82, 2.24) is 5.32 Å². The molecule has 0 spiro atoms. The molecule has 0 unspecified atom stereocenters. The van der Waals surface area contributed by atoms with Crippen molar-refractivity contribution in [2.75, 3.05) is 12.0 Å². The van der Waals surface area contributed by atoms with E-state index in [1.165, 1.54) is 6.26 Å². The van der Waals surface area contributed by atoms with Crippen molar-refractivity contribution in [1.29, 1.82) is 0 Å². The summed E-state index contributed by atoms with van der Waals surface area (Å²) in [5.41, 5.74) is 6.69. The number of anilines is 1. The topological polar surface area (TPSA) is 89.3 Å². The minimum Gasteiger partial charge on any atom is -0.398 e. The summed E-state index contributed by atoms with van der Waals surface area (Å²) in [6.07, 6.45) is 3.87. The molecule has 1 aromatic rings. The molecule has 0 bridgehead atoms. The molecule has 0 saturated heterocycles. The molecular formula is C14H20N2O3S. The van der Waals surface area contributed by atoms with Gasteiger partial charge in [-0.1, -0.05) is 12.1 Å². The molecule has 3 N–H and O–H groups in total. The van der Waals surface area contributed by atoms with E-state index in [0.29, 0.717) is 36.9 Å². The van der Waals surface area contributed by atoms with Crippen molar-refractivity contribution in [3.8, 4) is 0 Å². The Kier molecular flexibility index (Phi) is 4.32. The van der Waals surface area contributed by atoms with Gasteiger partial charge in [-0.05, 0) is 37.8 Å². The van der Waals surface area contributed by atoms with E-state index in [9.17, 15) is 13.2 Å². The van der Waals surface area contributed by atoms with Crippen LogP contribution in [0.15, 0.2) is 24.3 Å². The summed E-state index contributed by atoms with van der Waals surface area (Å²) >= 11 is 0. The molecule has 1 saturated carbocycles. The van der Waals surface area contributed by atoms with Crippen LogP contribution in [0.4, 0.5) is 5.69 Å². The Morgan fingerprint density at radius 2 is 1.80 bits per heavy atom. The summed E-state index contributed by atoms with van der Waals surface area (Å²) in [7, 11) is -2.97. The second-order valence-corrected chi connectivity index (χ2v) is 7.69. The van der Waals surface area contributed by atoms with Gasteiger partial charge in [0.1, 0.15) is 9.84 Å². The minimum absolute atomic E-state index is 0.0279. The number of carbonyl (C=O) groups is 1. The van der Waals surface area contributed by atoms with Crippen LogP contribution in [0.1, 0.15) is 36.0 Å². The normalized spacial score (nSPS) is 23.2. The van der Waals surface area contributed by atoms with Crippen LogP contribution in [0.25, 0.3) is 0 Å². The zero-order valence-electron chi connectivity index (χ0n) is 11.5. The molecule has 6 heteroatoms. The fourth-order valence-corrected chi connectivity index (χ4v) is 3.73. The predicted octanol–water partition coefficient (Wildman–Crippen LogP) is 1.35. The van der Waals surface area contributed by atoms with Crippen LogP contribution < -0.4 is 11.1 Å². The lowest BCUT2D eigenvalue weighted by Crippen LogP contribution is -2.40. The maximum absolute atomic E-state index is 12.1. The molecule has 2 rings (SSSR count). The van der Waals surface area contributed by atoms with Gasteiger partial charge >= 0.3 is 0 Å². The van der Waals surface area contributed by atoms with Gasteiger partial charge in [0.05, 0.1) is 10.8 Å². The van der Waals surface area contributed by atoms with E-state index in [0.717, 1.165) is 0 Å². The van der Waals surface area contributed by atoms with Crippen LogP contribution in [0.5, 0.6) is 0 Å². The first-order valence-electron chi connectivity index (χ1n) is 6.72. The smallest absolute Gasteiger partial charge is 0.253 e. The van der Waals surface area contributed by atoms with Crippen molar-refractivity contribution in [2.24, 2.45) is 0 Å². The quantitative estimate of drug-likeness (QED) is 0.824. The number of nitrogens with one attached hydrogen (secondary N) is 1. The largest absolute Gasteiger partial charge is 0.398 e. The van der Waals surface area contributed by atoms with Gasteiger partial charge < -0.3 is 11.1 Å². The minimum atomic E-state index is -2.97. The number of nitrogens with two attached hydrogens (primary N) is 1. The SMILES string of the molecule is CS(=O)(=O)C1CCC(NC(=O)c2ccccc2N)CC1. The molecule has 1 aliphatic carbocycles. The second-order valence-electron chi connectivity index (χ2n) is 5.36. The van der Waals surface area contributed by atoms with Gasteiger partial charge in [-0.3, -0.25) is 4.79 Å². The lowest BCUT2D eigenvalue weighted by molar-refractivity contribution is 0.0929.